The molecule has 1 nitrogen and oxygen atoms in total. The molecule has 2 rings (SSSR count). The molecule has 18 heavy (non-hydrogen) atoms. The third kappa shape index (κ3) is 2.28. The Balaban J connectivity index is 2.59. The van der Waals surface area contributed by atoms with Crippen LogP contribution in [0, 0.1) is 0 Å². The van der Waals surface area contributed by atoms with Gasteiger partial charge in [-0.2, -0.15) is 0 Å². The largest absolute Gasteiger partial charge is 0.313 e. The fraction of sp³-hybridized carbons (Fsp3) is 0.250. The van der Waals surface area contributed by atoms with Gasteiger partial charge < -0.3 is 4.57 Å². The Morgan fingerprint density at radius 1 is 0.889 bits per heavy atom. The topological polar surface area (TPSA) is 17.1 Å². The van der Waals surface area contributed by atoms with Gasteiger partial charge in [-0.3, -0.25) is 0 Å². The highest BCUT2D eigenvalue weighted by Crippen LogP contribution is 2.49. The first kappa shape index (κ1) is 13.1. The summed E-state index contributed by atoms with van der Waals surface area (Å²) >= 11 is 0. The van der Waals surface area contributed by atoms with Crippen LogP contribution >= 0.6 is 7.14 Å². The SMILES string of the molecule is CCC(C)P(=O)(c1ccccc1)c1ccccc1. The maximum Gasteiger partial charge on any atom is 0.145 e. The van der Waals surface area contributed by atoms with E-state index in [1.807, 2.05) is 60.7 Å². The highest BCUT2D eigenvalue weighted by atomic mass is 31.2. The van der Waals surface area contributed by atoms with Crippen LogP contribution in [0.3, 0.4) is 0 Å². The van der Waals surface area contributed by atoms with Crippen LogP contribution in [0.1, 0.15) is 20.3 Å². The summed E-state index contributed by atoms with van der Waals surface area (Å²) in [4.78, 5) is 0. The van der Waals surface area contributed by atoms with Crippen molar-refractivity contribution in [2.75, 3.05) is 0 Å². The third-order valence-corrected chi connectivity index (χ3v) is 7.23. The monoisotopic (exact) mass is 258 g/mol. The maximum absolute atomic E-state index is 13.5. The van der Waals surface area contributed by atoms with Gasteiger partial charge in [0.2, 0.25) is 0 Å². The van der Waals surface area contributed by atoms with Crippen molar-refractivity contribution >= 4 is 17.8 Å². The second-order valence-electron chi connectivity index (χ2n) is 4.59. The van der Waals surface area contributed by atoms with Gasteiger partial charge in [-0.25, -0.2) is 0 Å². The minimum absolute atomic E-state index is 0.169. The van der Waals surface area contributed by atoms with Crippen LogP contribution in [0.5, 0.6) is 0 Å². The van der Waals surface area contributed by atoms with Crippen molar-refractivity contribution in [1.29, 1.82) is 0 Å². The lowest BCUT2D eigenvalue weighted by Gasteiger charge is -2.25. The second kappa shape index (κ2) is 5.54. The van der Waals surface area contributed by atoms with Crippen LogP contribution in [-0.2, 0) is 4.57 Å². The van der Waals surface area contributed by atoms with E-state index in [0.717, 1.165) is 17.0 Å². The molecule has 0 aromatic heterocycles. The molecule has 2 aromatic carbocycles. The molecule has 0 aliphatic rings. The first-order valence-corrected chi connectivity index (χ1v) is 8.18. The van der Waals surface area contributed by atoms with Gasteiger partial charge in [0.05, 0.1) is 0 Å². The van der Waals surface area contributed by atoms with Gasteiger partial charge in [-0.1, -0.05) is 74.5 Å². The van der Waals surface area contributed by atoms with E-state index >= 15 is 0 Å². The van der Waals surface area contributed by atoms with Crippen LogP contribution in [-0.4, -0.2) is 5.66 Å². The summed E-state index contributed by atoms with van der Waals surface area (Å²) in [6.07, 6.45) is 0.918. The van der Waals surface area contributed by atoms with E-state index in [1.54, 1.807) is 0 Å². The maximum atomic E-state index is 13.5. The molecule has 0 radical (unpaired) electrons. The summed E-state index contributed by atoms with van der Waals surface area (Å²) < 4.78 is 13.5. The van der Waals surface area contributed by atoms with Gasteiger partial charge in [0, 0.05) is 16.3 Å². The van der Waals surface area contributed by atoms with Crippen molar-refractivity contribution in [2.24, 2.45) is 0 Å². The molecule has 1 unspecified atom stereocenters. The van der Waals surface area contributed by atoms with Crippen molar-refractivity contribution in [3.63, 3.8) is 0 Å². The third-order valence-electron chi connectivity index (χ3n) is 3.49. The normalized spacial score (nSPS) is 13.2. The molecule has 0 saturated heterocycles. The zero-order valence-corrected chi connectivity index (χ0v) is 11.8. The van der Waals surface area contributed by atoms with E-state index in [-0.39, 0.29) is 5.66 Å². The zero-order valence-electron chi connectivity index (χ0n) is 10.9. The minimum Gasteiger partial charge on any atom is -0.313 e. The molecular weight excluding hydrogens is 239 g/mol. The van der Waals surface area contributed by atoms with E-state index < -0.39 is 7.14 Å². The van der Waals surface area contributed by atoms with Gasteiger partial charge in [0.1, 0.15) is 7.14 Å². The first-order chi connectivity index (χ1) is 8.69. The van der Waals surface area contributed by atoms with E-state index in [9.17, 15) is 4.57 Å². The van der Waals surface area contributed by atoms with E-state index in [2.05, 4.69) is 13.8 Å². The Morgan fingerprint density at radius 2 is 1.28 bits per heavy atom. The van der Waals surface area contributed by atoms with Crippen LogP contribution in [0.25, 0.3) is 0 Å². The average Bonchev–Trinajstić information content (AvgIpc) is 2.47. The lowest BCUT2D eigenvalue weighted by molar-refractivity contribution is 0.577. The van der Waals surface area contributed by atoms with Crippen molar-refractivity contribution in [1.82, 2.24) is 0 Å². The van der Waals surface area contributed by atoms with E-state index in [1.165, 1.54) is 0 Å². The quantitative estimate of drug-likeness (QED) is 0.762. The van der Waals surface area contributed by atoms with E-state index in [0.29, 0.717) is 0 Å². The summed E-state index contributed by atoms with van der Waals surface area (Å²) in [5.74, 6) is 0. The molecule has 2 aromatic rings. The molecule has 2 heteroatoms. The molecule has 0 heterocycles. The van der Waals surface area contributed by atoms with Gasteiger partial charge in [-0.15, -0.1) is 0 Å². The molecule has 94 valence electrons. The standard InChI is InChI=1S/C16H19OP/c1-3-14(2)18(17,15-10-6-4-7-11-15)16-12-8-5-9-13-16/h4-14H,3H2,1-2H3. The summed E-state index contributed by atoms with van der Waals surface area (Å²) in [5.41, 5.74) is 0.169. The highest BCUT2D eigenvalue weighted by Gasteiger charge is 2.32. The number of rotatable bonds is 4. The zero-order chi connectivity index (χ0) is 13.0. The lowest BCUT2D eigenvalue weighted by Crippen LogP contribution is -2.23. The molecule has 0 N–H and O–H groups in total. The smallest absolute Gasteiger partial charge is 0.145 e. The van der Waals surface area contributed by atoms with Gasteiger partial charge >= 0.3 is 0 Å². The second-order valence-corrected chi connectivity index (χ2v) is 7.82. The predicted molar refractivity (Wildman–Crippen MR) is 79.5 cm³/mol. The van der Waals surface area contributed by atoms with Crippen LogP contribution in [0.4, 0.5) is 0 Å². The van der Waals surface area contributed by atoms with Crippen LogP contribution in [0.2, 0.25) is 0 Å². The molecule has 0 bridgehead atoms. The summed E-state index contributed by atoms with van der Waals surface area (Å²) in [5, 5.41) is 1.93. The molecule has 0 aliphatic heterocycles. The highest BCUT2D eigenvalue weighted by molar-refractivity contribution is 7.79. The Labute approximate surface area is 109 Å². The molecular formula is C16H19OP. The summed E-state index contributed by atoms with van der Waals surface area (Å²) in [6, 6.07) is 19.7. The van der Waals surface area contributed by atoms with Crippen LogP contribution < -0.4 is 10.6 Å². The van der Waals surface area contributed by atoms with Crippen molar-refractivity contribution < 1.29 is 4.57 Å². The molecule has 0 spiro atoms. The Hall–Kier alpha value is -1.33. The predicted octanol–water partition coefficient (Wildman–Crippen LogP) is 3.80. The fourth-order valence-electron chi connectivity index (χ4n) is 2.21. The minimum atomic E-state index is -2.52. The van der Waals surface area contributed by atoms with E-state index in [4.69, 9.17) is 0 Å². The Bertz CT molecular complexity index is 490. The molecule has 0 fully saturated rings. The summed E-state index contributed by atoms with van der Waals surface area (Å²) in [6.45, 7) is 4.18. The average molecular weight is 258 g/mol. The van der Waals surface area contributed by atoms with Crippen LogP contribution in [0.15, 0.2) is 60.7 Å². The van der Waals surface area contributed by atoms with Crippen molar-refractivity contribution in [2.45, 2.75) is 25.9 Å². The van der Waals surface area contributed by atoms with Crippen molar-refractivity contribution in [3.8, 4) is 0 Å². The molecule has 0 amide bonds. The first-order valence-electron chi connectivity index (χ1n) is 6.40. The van der Waals surface area contributed by atoms with Gasteiger partial charge in [-0.05, 0) is 6.42 Å². The Kier molecular flexibility index (Phi) is 4.04. The number of benzene rings is 2. The molecule has 1 atom stereocenters. The van der Waals surface area contributed by atoms with Crippen molar-refractivity contribution in [3.05, 3.63) is 60.7 Å². The van der Waals surface area contributed by atoms with Gasteiger partial charge in [0.15, 0.2) is 0 Å². The fourth-order valence-corrected chi connectivity index (χ4v) is 5.27. The van der Waals surface area contributed by atoms with Gasteiger partial charge in [0.25, 0.3) is 0 Å². The number of hydrogen-bond acceptors (Lipinski definition) is 1. The molecule has 0 aliphatic carbocycles. The number of hydrogen-bond donors (Lipinski definition) is 0. The molecule has 0 saturated carbocycles. The lowest BCUT2D eigenvalue weighted by atomic mass is 10.3. The summed E-state index contributed by atoms with van der Waals surface area (Å²) in [7, 11) is -2.52. The Morgan fingerprint density at radius 3 is 1.61 bits per heavy atom.